The van der Waals surface area contributed by atoms with Gasteiger partial charge in [-0.3, -0.25) is 0 Å². The van der Waals surface area contributed by atoms with Crippen molar-refractivity contribution < 1.29 is 9.53 Å². The molecule has 0 saturated carbocycles. The lowest BCUT2D eigenvalue weighted by Crippen LogP contribution is -2.25. The molecule has 4 aromatic rings. The molecular formula is C40H45N3O2. The normalized spacial score (nSPS) is 15.5. The van der Waals surface area contributed by atoms with Gasteiger partial charge in [-0.25, -0.2) is 4.79 Å². The molecule has 0 radical (unpaired) electrons. The topological polar surface area (TPSA) is 36.0 Å². The van der Waals surface area contributed by atoms with E-state index in [9.17, 15) is 4.79 Å². The van der Waals surface area contributed by atoms with Crippen LogP contribution >= 0.6 is 0 Å². The molecule has 0 fully saturated rings. The Bertz CT molecular complexity index is 1590. The molecule has 0 amide bonds. The number of fused-ring (bicyclic) bond motifs is 1. The first kappa shape index (κ1) is 31.6. The van der Waals surface area contributed by atoms with Gasteiger partial charge in [0, 0.05) is 68.5 Å². The van der Waals surface area contributed by atoms with Crippen LogP contribution in [0.1, 0.15) is 60.3 Å². The van der Waals surface area contributed by atoms with Gasteiger partial charge in [-0.15, -0.1) is 0 Å². The van der Waals surface area contributed by atoms with Crippen molar-refractivity contribution in [2.24, 2.45) is 0 Å². The summed E-state index contributed by atoms with van der Waals surface area (Å²) in [6.45, 7) is 12.6. The molecule has 1 atom stereocenters. The Kier molecular flexibility index (Phi) is 9.77. The average Bonchev–Trinajstić information content (AvgIpc) is 3.37. The predicted molar refractivity (Wildman–Crippen MR) is 190 cm³/mol. The van der Waals surface area contributed by atoms with Crippen molar-refractivity contribution >= 4 is 28.6 Å². The first-order chi connectivity index (χ1) is 21.8. The number of allylic oxidation sites excluding steroid dienone is 2. The van der Waals surface area contributed by atoms with Crippen LogP contribution in [0.25, 0.3) is 5.57 Å². The highest BCUT2D eigenvalue weighted by Gasteiger charge is 2.45. The third kappa shape index (κ3) is 6.39. The lowest BCUT2D eigenvalue weighted by atomic mass is 9.84. The van der Waals surface area contributed by atoms with Crippen LogP contribution in [0.3, 0.4) is 0 Å². The van der Waals surface area contributed by atoms with Gasteiger partial charge in [0.1, 0.15) is 0 Å². The van der Waals surface area contributed by atoms with Crippen molar-refractivity contribution in [3.05, 3.63) is 143 Å². The highest BCUT2D eigenvalue weighted by atomic mass is 16.6. The predicted octanol–water partition coefficient (Wildman–Crippen LogP) is 8.55. The van der Waals surface area contributed by atoms with Crippen LogP contribution in [-0.2, 0) is 10.3 Å². The monoisotopic (exact) mass is 599 g/mol. The third-order valence-corrected chi connectivity index (χ3v) is 8.80. The molecule has 1 aliphatic heterocycles. The van der Waals surface area contributed by atoms with Crippen LogP contribution in [0.5, 0.6) is 0 Å². The maximum absolute atomic E-state index is 13.3. The Labute approximate surface area is 269 Å². The SMILES string of the molecule is CCN(CC)c1ccc(C(=CC=CC2(c3ccccc3)OC(=O)c3cc(N(C)C)ccc32)c2ccc(N(CC)CC)cc2)cc1. The molecule has 5 heteroatoms. The minimum atomic E-state index is -1.03. The zero-order valence-corrected chi connectivity index (χ0v) is 27.5. The van der Waals surface area contributed by atoms with Crippen molar-refractivity contribution in [2.75, 3.05) is 55.0 Å². The molecule has 4 aromatic carbocycles. The van der Waals surface area contributed by atoms with Crippen molar-refractivity contribution in [3.63, 3.8) is 0 Å². The van der Waals surface area contributed by atoms with Gasteiger partial charge in [-0.1, -0.05) is 72.8 Å². The lowest BCUT2D eigenvalue weighted by Gasteiger charge is -2.26. The van der Waals surface area contributed by atoms with Crippen LogP contribution < -0.4 is 14.7 Å². The van der Waals surface area contributed by atoms with E-state index >= 15 is 0 Å². The summed E-state index contributed by atoms with van der Waals surface area (Å²) in [5.41, 5.74) is 8.06. The highest BCUT2D eigenvalue weighted by molar-refractivity contribution is 5.97. The quantitative estimate of drug-likeness (QED) is 0.120. The molecule has 0 aliphatic carbocycles. The standard InChI is InChI=1S/C40H45N3O2/c1-7-42(8-2)33-22-18-30(19-23-33)36(31-20-24-34(25-21-31)43(9-3)10-4)17-14-28-40(32-15-12-11-13-16-32)38-27-26-35(41(5)6)29-37(38)39(44)45-40/h11-29H,7-10H2,1-6H3. The van der Waals surface area contributed by atoms with Crippen molar-refractivity contribution in [2.45, 2.75) is 33.3 Å². The Morgan fingerprint density at radius 1 is 0.689 bits per heavy atom. The smallest absolute Gasteiger partial charge is 0.340 e. The van der Waals surface area contributed by atoms with E-state index in [1.54, 1.807) is 0 Å². The number of carbonyl (C=O) groups is 1. The molecule has 1 aliphatic rings. The number of cyclic esters (lactones) is 1. The fourth-order valence-corrected chi connectivity index (χ4v) is 6.20. The molecule has 5 nitrogen and oxygen atoms in total. The van der Waals surface area contributed by atoms with Gasteiger partial charge in [0.15, 0.2) is 5.60 Å². The van der Waals surface area contributed by atoms with Crippen LogP contribution in [0.15, 0.2) is 115 Å². The Balaban J connectivity index is 1.61. The number of hydrogen-bond donors (Lipinski definition) is 0. The summed E-state index contributed by atoms with van der Waals surface area (Å²) in [7, 11) is 3.95. The van der Waals surface area contributed by atoms with Gasteiger partial charge < -0.3 is 19.4 Å². The molecule has 45 heavy (non-hydrogen) atoms. The Morgan fingerprint density at radius 2 is 1.20 bits per heavy atom. The molecule has 1 heterocycles. The van der Waals surface area contributed by atoms with E-state index in [4.69, 9.17) is 4.74 Å². The zero-order chi connectivity index (χ0) is 32.0. The third-order valence-electron chi connectivity index (χ3n) is 8.80. The summed E-state index contributed by atoms with van der Waals surface area (Å²) in [6.07, 6.45) is 6.21. The molecule has 0 N–H and O–H groups in total. The first-order valence-electron chi connectivity index (χ1n) is 16.1. The number of esters is 1. The summed E-state index contributed by atoms with van der Waals surface area (Å²) in [5.74, 6) is -0.314. The summed E-state index contributed by atoms with van der Waals surface area (Å²) in [6, 6.07) is 33.6. The van der Waals surface area contributed by atoms with E-state index in [2.05, 4.69) is 92.1 Å². The van der Waals surface area contributed by atoms with Gasteiger partial charge in [0.05, 0.1) is 5.56 Å². The number of ether oxygens (including phenoxy) is 1. The molecule has 0 aromatic heterocycles. The fourth-order valence-electron chi connectivity index (χ4n) is 6.20. The molecule has 5 rings (SSSR count). The molecule has 0 saturated heterocycles. The van der Waals surface area contributed by atoms with Crippen LogP contribution in [0, 0.1) is 0 Å². The average molecular weight is 600 g/mol. The van der Waals surface area contributed by atoms with E-state index < -0.39 is 5.60 Å². The minimum Gasteiger partial charge on any atom is -0.441 e. The van der Waals surface area contributed by atoms with Gasteiger partial charge in [-0.2, -0.15) is 0 Å². The summed E-state index contributed by atoms with van der Waals surface area (Å²) >= 11 is 0. The van der Waals surface area contributed by atoms with E-state index in [0.29, 0.717) is 5.56 Å². The lowest BCUT2D eigenvalue weighted by molar-refractivity contribution is 0.0275. The van der Waals surface area contributed by atoms with Gasteiger partial charge >= 0.3 is 5.97 Å². The molecule has 0 bridgehead atoms. The van der Waals surface area contributed by atoms with Crippen LogP contribution in [0.4, 0.5) is 17.1 Å². The summed E-state index contributed by atoms with van der Waals surface area (Å²) in [5, 5.41) is 0. The molecular weight excluding hydrogens is 554 g/mol. The molecule has 0 spiro atoms. The number of benzene rings is 4. The molecule has 232 valence electrons. The summed E-state index contributed by atoms with van der Waals surface area (Å²) in [4.78, 5) is 20.0. The van der Waals surface area contributed by atoms with Crippen molar-refractivity contribution in [1.29, 1.82) is 0 Å². The van der Waals surface area contributed by atoms with Gasteiger partial charge in [0.2, 0.25) is 0 Å². The highest BCUT2D eigenvalue weighted by Crippen LogP contribution is 2.44. The number of anilines is 3. The van der Waals surface area contributed by atoms with E-state index in [0.717, 1.165) is 59.7 Å². The van der Waals surface area contributed by atoms with Gasteiger partial charge in [0.25, 0.3) is 0 Å². The number of hydrogen-bond acceptors (Lipinski definition) is 5. The maximum atomic E-state index is 13.3. The van der Waals surface area contributed by atoms with Crippen LogP contribution in [0.2, 0.25) is 0 Å². The van der Waals surface area contributed by atoms with Gasteiger partial charge in [-0.05, 0) is 86.9 Å². The Hall–Kier alpha value is -4.77. The maximum Gasteiger partial charge on any atom is 0.340 e. The zero-order valence-electron chi connectivity index (χ0n) is 27.5. The second kappa shape index (κ2) is 13.9. The van der Waals surface area contributed by atoms with E-state index in [1.165, 1.54) is 11.4 Å². The van der Waals surface area contributed by atoms with Crippen molar-refractivity contribution in [1.82, 2.24) is 0 Å². The second-order valence-electron chi connectivity index (χ2n) is 11.5. The fraction of sp³-hybridized carbons (Fsp3) is 0.275. The molecule has 1 unspecified atom stereocenters. The minimum absolute atomic E-state index is 0.314. The largest absolute Gasteiger partial charge is 0.441 e. The number of nitrogens with zero attached hydrogens (tertiary/aromatic N) is 3. The first-order valence-corrected chi connectivity index (χ1v) is 16.1. The van der Waals surface area contributed by atoms with E-state index in [1.807, 2.05) is 79.7 Å². The van der Waals surface area contributed by atoms with E-state index in [-0.39, 0.29) is 5.97 Å². The van der Waals surface area contributed by atoms with Crippen molar-refractivity contribution in [3.8, 4) is 0 Å². The second-order valence-corrected chi connectivity index (χ2v) is 11.5. The summed E-state index contributed by atoms with van der Waals surface area (Å²) < 4.78 is 6.28. The number of rotatable bonds is 12. The Morgan fingerprint density at radius 3 is 1.69 bits per heavy atom. The van der Waals surface area contributed by atoms with Crippen LogP contribution in [-0.4, -0.2) is 46.2 Å². The number of carbonyl (C=O) groups excluding carboxylic acids is 1.